The fraction of sp³-hybridized carbons (Fsp3) is 0.235. The van der Waals surface area contributed by atoms with E-state index in [-0.39, 0.29) is 5.41 Å². The zero-order chi connectivity index (χ0) is 23.4. The molecule has 1 N–H and O–H groups in total. The summed E-state index contributed by atoms with van der Waals surface area (Å²) < 4.78 is 0. The maximum Gasteiger partial charge on any atom is 0.0444 e. The van der Waals surface area contributed by atoms with E-state index in [4.69, 9.17) is 0 Å². The summed E-state index contributed by atoms with van der Waals surface area (Å²) in [6.45, 7) is 2.41. The van der Waals surface area contributed by atoms with Crippen molar-refractivity contribution in [3.63, 3.8) is 0 Å². The Kier molecular flexibility index (Phi) is 4.74. The van der Waals surface area contributed by atoms with Crippen LogP contribution in [0.25, 0.3) is 22.3 Å². The van der Waals surface area contributed by atoms with Crippen LogP contribution >= 0.6 is 0 Å². The molecule has 35 heavy (non-hydrogen) atoms. The minimum absolute atomic E-state index is 0.00224. The molecule has 0 heterocycles. The first kappa shape index (κ1) is 20.8. The van der Waals surface area contributed by atoms with Gasteiger partial charge < -0.3 is 5.32 Å². The van der Waals surface area contributed by atoms with Crippen LogP contribution in [0.5, 0.6) is 0 Å². The minimum atomic E-state index is -0.00224. The first-order valence-electron chi connectivity index (χ1n) is 13.1. The Balaban J connectivity index is 1.38. The third-order valence-electron chi connectivity index (χ3n) is 8.59. The first-order valence-corrected chi connectivity index (χ1v) is 13.1. The lowest BCUT2D eigenvalue weighted by atomic mass is 9.58. The summed E-state index contributed by atoms with van der Waals surface area (Å²) in [5.41, 5.74) is 12.4. The minimum Gasteiger partial charge on any atom is -0.355 e. The first-order chi connectivity index (χ1) is 17.2. The van der Waals surface area contributed by atoms with Gasteiger partial charge in [0, 0.05) is 16.8 Å². The quantitative estimate of drug-likeness (QED) is 0.305. The van der Waals surface area contributed by atoms with Crippen molar-refractivity contribution < 1.29 is 0 Å². The van der Waals surface area contributed by atoms with E-state index >= 15 is 0 Å². The Morgan fingerprint density at radius 3 is 2.46 bits per heavy atom. The number of hydrogen-bond donors (Lipinski definition) is 1. The molecule has 4 aromatic rings. The van der Waals surface area contributed by atoms with Crippen LogP contribution in [0.1, 0.15) is 43.7 Å². The smallest absolute Gasteiger partial charge is 0.0444 e. The summed E-state index contributed by atoms with van der Waals surface area (Å²) in [5, 5.41) is 3.88. The van der Waals surface area contributed by atoms with E-state index in [9.17, 15) is 0 Å². The summed E-state index contributed by atoms with van der Waals surface area (Å²) >= 11 is 0. The van der Waals surface area contributed by atoms with Crippen LogP contribution < -0.4 is 5.32 Å². The second-order valence-corrected chi connectivity index (χ2v) is 10.8. The number of fused-ring (bicyclic) bond motifs is 8. The molecule has 3 aliphatic rings. The molecule has 172 valence electrons. The van der Waals surface area contributed by atoms with E-state index in [1.165, 1.54) is 64.8 Å². The summed E-state index contributed by atoms with van der Waals surface area (Å²) in [6, 6.07) is 35.5. The molecule has 1 spiro atoms. The van der Waals surface area contributed by atoms with E-state index in [1.54, 1.807) is 5.57 Å². The molecule has 0 aromatic heterocycles. The number of anilines is 2. The fourth-order valence-corrected chi connectivity index (χ4v) is 7.24. The zero-order valence-corrected chi connectivity index (χ0v) is 20.3. The van der Waals surface area contributed by atoms with E-state index < -0.39 is 0 Å². The molecule has 7 rings (SSSR count). The van der Waals surface area contributed by atoms with Gasteiger partial charge in [0.05, 0.1) is 0 Å². The van der Waals surface area contributed by atoms with Gasteiger partial charge in [-0.2, -0.15) is 0 Å². The molecule has 1 heteroatoms. The molecule has 4 aromatic carbocycles. The molecular weight excluding hydrogens is 422 g/mol. The standard InChI is InChI=1S/C34H31N/c1-23-19-24-17-18-34(27(20-23)21-24)31-15-6-5-13-29(31)30-14-8-16-32(33(30)34)35-28-12-7-11-26(22-28)25-9-3-2-4-10-25/h2-16,20,22-24,35H,17-19,21H2,1H3. The Hall–Kier alpha value is -3.58. The summed E-state index contributed by atoms with van der Waals surface area (Å²) in [4.78, 5) is 0. The number of nitrogens with one attached hydrogen (secondary N) is 1. The fourth-order valence-electron chi connectivity index (χ4n) is 7.24. The second kappa shape index (κ2) is 7.99. The third kappa shape index (κ3) is 3.22. The molecule has 3 aliphatic carbocycles. The Bertz CT molecular complexity index is 1450. The number of benzene rings is 4. The molecule has 0 amide bonds. The van der Waals surface area contributed by atoms with Crippen LogP contribution in [0.4, 0.5) is 11.4 Å². The Morgan fingerprint density at radius 1 is 0.771 bits per heavy atom. The topological polar surface area (TPSA) is 12.0 Å². The van der Waals surface area contributed by atoms with Crippen molar-refractivity contribution in [2.24, 2.45) is 11.8 Å². The van der Waals surface area contributed by atoms with Crippen molar-refractivity contribution in [1.82, 2.24) is 0 Å². The lowest BCUT2D eigenvalue weighted by molar-refractivity contribution is 0.285. The largest absolute Gasteiger partial charge is 0.355 e. The van der Waals surface area contributed by atoms with Crippen LogP contribution in [-0.2, 0) is 5.41 Å². The van der Waals surface area contributed by atoms with Crippen molar-refractivity contribution in [2.75, 3.05) is 5.32 Å². The molecule has 0 aliphatic heterocycles. The Labute approximate surface area is 208 Å². The number of rotatable bonds is 3. The highest BCUT2D eigenvalue weighted by Crippen LogP contribution is 2.62. The SMILES string of the molecule is CC1C=C2CC(CCC23c2ccccc2-c2cccc(Nc4cccc(-c5ccccc5)c4)c23)C1. The second-order valence-electron chi connectivity index (χ2n) is 10.8. The molecule has 1 saturated carbocycles. The normalized spacial score (nSPS) is 24.0. The maximum absolute atomic E-state index is 3.88. The molecule has 3 atom stereocenters. The average Bonchev–Trinajstić information content (AvgIpc) is 3.19. The molecule has 1 fully saturated rings. The van der Waals surface area contributed by atoms with Gasteiger partial charge in [-0.1, -0.05) is 97.4 Å². The van der Waals surface area contributed by atoms with Gasteiger partial charge in [-0.3, -0.25) is 0 Å². The van der Waals surface area contributed by atoms with Crippen molar-refractivity contribution >= 4 is 11.4 Å². The predicted octanol–water partition coefficient (Wildman–Crippen LogP) is 9.13. The highest BCUT2D eigenvalue weighted by molar-refractivity contribution is 5.89. The molecule has 1 nitrogen and oxygen atoms in total. The van der Waals surface area contributed by atoms with Crippen LogP contribution in [0.15, 0.2) is 109 Å². The predicted molar refractivity (Wildman–Crippen MR) is 147 cm³/mol. The van der Waals surface area contributed by atoms with Crippen LogP contribution in [0.2, 0.25) is 0 Å². The van der Waals surface area contributed by atoms with Crippen LogP contribution in [0, 0.1) is 11.8 Å². The van der Waals surface area contributed by atoms with Crippen molar-refractivity contribution in [3.8, 4) is 22.3 Å². The number of hydrogen-bond acceptors (Lipinski definition) is 1. The van der Waals surface area contributed by atoms with Gasteiger partial charge in [0.2, 0.25) is 0 Å². The molecule has 2 bridgehead atoms. The van der Waals surface area contributed by atoms with Crippen molar-refractivity contribution in [1.29, 1.82) is 0 Å². The van der Waals surface area contributed by atoms with Crippen molar-refractivity contribution in [2.45, 2.75) is 38.0 Å². The highest BCUT2D eigenvalue weighted by Gasteiger charge is 2.50. The summed E-state index contributed by atoms with van der Waals surface area (Å²) in [5.74, 6) is 1.51. The van der Waals surface area contributed by atoms with Gasteiger partial charge in [-0.05, 0) is 89.1 Å². The number of allylic oxidation sites excluding steroid dienone is 2. The monoisotopic (exact) mass is 453 g/mol. The van der Waals surface area contributed by atoms with E-state index in [0.717, 1.165) is 11.6 Å². The van der Waals surface area contributed by atoms with Gasteiger partial charge in [-0.25, -0.2) is 0 Å². The van der Waals surface area contributed by atoms with Gasteiger partial charge in [0.25, 0.3) is 0 Å². The van der Waals surface area contributed by atoms with Gasteiger partial charge in [-0.15, -0.1) is 0 Å². The maximum atomic E-state index is 3.88. The summed E-state index contributed by atoms with van der Waals surface area (Å²) in [6.07, 6.45) is 7.74. The highest BCUT2D eigenvalue weighted by atomic mass is 14.9. The molecule has 3 unspecified atom stereocenters. The summed E-state index contributed by atoms with van der Waals surface area (Å²) in [7, 11) is 0. The van der Waals surface area contributed by atoms with E-state index in [0.29, 0.717) is 5.92 Å². The lowest BCUT2D eigenvalue weighted by Crippen LogP contribution is -2.37. The van der Waals surface area contributed by atoms with Gasteiger partial charge in [0.15, 0.2) is 0 Å². The van der Waals surface area contributed by atoms with Gasteiger partial charge >= 0.3 is 0 Å². The Morgan fingerprint density at radius 2 is 1.54 bits per heavy atom. The molecule has 0 saturated heterocycles. The van der Waals surface area contributed by atoms with Crippen molar-refractivity contribution in [3.05, 3.63) is 120 Å². The van der Waals surface area contributed by atoms with Gasteiger partial charge in [0.1, 0.15) is 0 Å². The molecular formula is C34H31N. The van der Waals surface area contributed by atoms with Crippen LogP contribution in [-0.4, -0.2) is 0 Å². The third-order valence-corrected chi connectivity index (χ3v) is 8.59. The van der Waals surface area contributed by atoms with Crippen LogP contribution in [0.3, 0.4) is 0 Å². The molecule has 0 radical (unpaired) electrons. The zero-order valence-electron chi connectivity index (χ0n) is 20.3. The lowest BCUT2D eigenvalue weighted by Gasteiger charge is -2.46. The van der Waals surface area contributed by atoms with E-state index in [1.807, 2.05) is 0 Å². The average molecular weight is 454 g/mol. The van der Waals surface area contributed by atoms with E-state index in [2.05, 4.69) is 115 Å².